The van der Waals surface area contributed by atoms with Gasteiger partial charge in [-0.25, -0.2) is 0 Å². The molecule has 0 fully saturated rings. The Kier molecular flexibility index (Phi) is 5.17. The summed E-state index contributed by atoms with van der Waals surface area (Å²) in [5, 5.41) is 10.7. The second kappa shape index (κ2) is 7.52. The highest BCUT2D eigenvalue weighted by atomic mass is 16.5. The van der Waals surface area contributed by atoms with E-state index in [0.717, 1.165) is 11.4 Å². The summed E-state index contributed by atoms with van der Waals surface area (Å²) in [5.41, 5.74) is 0.207. The third-order valence-corrected chi connectivity index (χ3v) is 4.11. The molecule has 0 saturated carbocycles. The van der Waals surface area contributed by atoms with Crippen molar-refractivity contribution in [2.75, 3.05) is 32.3 Å². The molecule has 0 bridgehead atoms. The lowest BCUT2D eigenvalue weighted by Gasteiger charge is -2.17. The zero-order valence-corrected chi connectivity index (χ0v) is 14.9. The van der Waals surface area contributed by atoms with Crippen molar-refractivity contribution in [3.8, 4) is 5.75 Å². The summed E-state index contributed by atoms with van der Waals surface area (Å²) >= 11 is 0. The maximum atomic E-state index is 12.6. The summed E-state index contributed by atoms with van der Waals surface area (Å²) in [4.78, 5) is 26.8. The van der Waals surface area contributed by atoms with E-state index in [1.807, 2.05) is 29.2 Å². The number of hydrogen-bond donors (Lipinski definition) is 1. The van der Waals surface area contributed by atoms with Crippen molar-refractivity contribution < 1.29 is 14.3 Å². The molecule has 26 heavy (non-hydrogen) atoms. The SMILES string of the molecule is COCC(C)NC(=O)c1nnc2n(c1=O)CCN2c1ccc(OC)cc1. The van der Waals surface area contributed by atoms with Gasteiger partial charge in [-0.05, 0) is 31.2 Å². The van der Waals surface area contributed by atoms with E-state index in [1.165, 1.54) is 4.57 Å². The Hall–Kier alpha value is -2.94. The summed E-state index contributed by atoms with van der Waals surface area (Å²) in [6.07, 6.45) is 0. The lowest BCUT2D eigenvalue weighted by Crippen LogP contribution is -2.40. The Morgan fingerprint density at radius 3 is 2.62 bits per heavy atom. The molecule has 3 rings (SSSR count). The van der Waals surface area contributed by atoms with E-state index in [-0.39, 0.29) is 11.7 Å². The predicted molar refractivity (Wildman–Crippen MR) is 95.1 cm³/mol. The summed E-state index contributed by atoms with van der Waals surface area (Å²) in [7, 11) is 3.14. The van der Waals surface area contributed by atoms with Crippen LogP contribution >= 0.6 is 0 Å². The monoisotopic (exact) mass is 359 g/mol. The van der Waals surface area contributed by atoms with Crippen molar-refractivity contribution in [2.24, 2.45) is 0 Å². The number of fused-ring (bicyclic) bond motifs is 1. The van der Waals surface area contributed by atoms with Gasteiger partial charge >= 0.3 is 0 Å². The second-order valence-electron chi connectivity index (χ2n) is 5.98. The maximum absolute atomic E-state index is 12.6. The lowest BCUT2D eigenvalue weighted by molar-refractivity contribution is 0.0897. The van der Waals surface area contributed by atoms with Gasteiger partial charge in [0.25, 0.3) is 11.5 Å². The average molecular weight is 359 g/mol. The van der Waals surface area contributed by atoms with Crippen LogP contribution in [0.15, 0.2) is 29.1 Å². The van der Waals surface area contributed by atoms with E-state index in [1.54, 1.807) is 21.1 Å². The zero-order valence-electron chi connectivity index (χ0n) is 14.9. The molecular formula is C17H21N5O4. The van der Waals surface area contributed by atoms with Crippen LogP contribution in [0, 0.1) is 0 Å². The summed E-state index contributed by atoms with van der Waals surface area (Å²) < 4.78 is 11.6. The van der Waals surface area contributed by atoms with Crippen molar-refractivity contribution in [2.45, 2.75) is 19.5 Å². The summed E-state index contributed by atoms with van der Waals surface area (Å²) in [6, 6.07) is 7.20. The van der Waals surface area contributed by atoms with Crippen LogP contribution in [0.5, 0.6) is 5.75 Å². The van der Waals surface area contributed by atoms with Crippen molar-refractivity contribution >= 4 is 17.5 Å². The Morgan fingerprint density at radius 1 is 1.23 bits per heavy atom. The number of carbonyl (C=O) groups is 1. The molecule has 1 N–H and O–H groups in total. The van der Waals surface area contributed by atoms with E-state index in [4.69, 9.17) is 9.47 Å². The van der Waals surface area contributed by atoms with Crippen LogP contribution in [-0.4, -0.2) is 54.1 Å². The zero-order chi connectivity index (χ0) is 18.7. The van der Waals surface area contributed by atoms with Gasteiger partial charge in [0.1, 0.15) is 5.75 Å². The number of ether oxygens (including phenoxy) is 2. The van der Waals surface area contributed by atoms with Crippen LogP contribution in [0.1, 0.15) is 17.4 Å². The number of nitrogens with one attached hydrogen (secondary N) is 1. The highest BCUT2D eigenvalue weighted by Gasteiger charge is 2.27. The molecule has 9 nitrogen and oxygen atoms in total. The van der Waals surface area contributed by atoms with E-state index < -0.39 is 11.5 Å². The number of anilines is 2. The Labute approximate surface area is 150 Å². The van der Waals surface area contributed by atoms with Crippen LogP contribution in [0.4, 0.5) is 11.6 Å². The predicted octanol–water partition coefficient (Wildman–Crippen LogP) is 0.563. The molecule has 1 aliphatic rings. The van der Waals surface area contributed by atoms with Gasteiger partial charge in [0.05, 0.1) is 13.7 Å². The van der Waals surface area contributed by atoms with Crippen LogP contribution in [0.25, 0.3) is 0 Å². The van der Waals surface area contributed by atoms with Crippen molar-refractivity contribution in [3.63, 3.8) is 0 Å². The highest BCUT2D eigenvalue weighted by Crippen LogP contribution is 2.28. The Balaban J connectivity index is 1.85. The second-order valence-corrected chi connectivity index (χ2v) is 5.98. The minimum Gasteiger partial charge on any atom is -0.497 e. The van der Waals surface area contributed by atoms with E-state index in [0.29, 0.717) is 25.6 Å². The third-order valence-electron chi connectivity index (χ3n) is 4.11. The van der Waals surface area contributed by atoms with Gasteiger partial charge in [0, 0.05) is 31.9 Å². The summed E-state index contributed by atoms with van der Waals surface area (Å²) in [5.74, 6) is 0.612. The molecule has 138 valence electrons. The minimum absolute atomic E-state index is 0.215. The van der Waals surface area contributed by atoms with Crippen molar-refractivity contribution in [1.29, 1.82) is 0 Å². The van der Waals surface area contributed by atoms with Crippen molar-refractivity contribution in [3.05, 3.63) is 40.3 Å². The molecular weight excluding hydrogens is 338 g/mol. The van der Waals surface area contributed by atoms with Gasteiger partial charge in [0.15, 0.2) is 0 Å². The normalized spacial score (nSPS) is 14.0. The maximum Gasteiger partial charge on any atom is 0.286 e. The fraction of sp³-hybridized carbons (Fsp3) is 0.412. The van der Waals surface area contributed by atoms with Gasteiger partial charge in [0.2, 0.25) is 11.6 Å². The first-order chi connectivity index (χ1) is 12.5. The standard InChI is InChI=1S/C17H21N5O4/c1-11(10-25-2)18-15(23)14-16(24)22-9-8-21(17(22)20-19-14)12-4-6-13(26-3)7-5-12/h4-7,11H,8-10H2,1-3H3,(H,18,23). The van der Waals surface area contributed by atoms with Crippen LogP contribution < -0.4 is 20.5 Å². The average Bonchev–Trinajstić information content (AvgIpc) is 3.07. The van der Waals surface area contributed by atoms with Gasteiger partial charge in [-0.1, -0.05) is 0 Å². The van der Waals surface area contributed by atoms with E-state index >= 15 is 0 Å². The van der Waals surface area contributed by atoms with E-state index in [2.05, 4.69) is 15.5 Å². The minimum atomic E-state index is -0.551. The number of amides is 1. The van der Waals surface area contributed by atoms with Crippen LogP contribution in [0.3, 0.4) is 0 Å². The molecule has 1 atom stereocenters. The smallest absolute Gasteiger partial charge is 0.286 e. The van der Waals surface area contributed by atoms with Gasteiger partial charge < -0.3 is 19.7 Å². The first-order valence-corrected chi connectivity index (χ1v) is 8.24. The molecule has 2 heterocycles. The third kappa shape index (κ3) is 3.38. The number of hydrogen-bond acceptors (Lipinski definition) is 7. The first kappa shape index (κ1) is 17.9. The van der Waals surface area contributed by atoms with Gasteiger partial charge in [-0.3, -0.25) is 14.2 Å². The van der Waals surface area contributed by atoms with Crippen LogP contribution in [0.2, 0.25) is 0 Å². The fourth-order valence-corrected chi connectivity index (χ4v) is 2.84. The van der Waals surface area contributed by atoms with Crippen LogP contribution in [-0.2, 0) is 11.3 Å². The molecule has 0 aliphatic carbocycles. The number of methoxy groups -OCH3 is 2. The van der Waals surface area contributed by atoms with Gasteiger partial charge in [-0.15, -0.1) is 10.2 Å². The number of nitrogens with zero attached hydrogens (tertiary/aromatic N) is 4. The van der Waals surface area contributed by atoms with Crippen molar-refractivity contribution in [1.82, 2.24) is 20.1 Å². The molecule has 1 aromatic heterocycles. The Morgan fingerprint density at radius 2 is 1.96 bits per heavy atom. The molecule has 2 aromatic rings. The Bertz CT molecular complexity index is 849. The van der Waals surface area contributed by atoms with E-state index in [9.17, 15) is 9.59 Å². The molecule has 1 aromatic carbocycles. The molecule has 0 saturated heterocycles. The molecule has 0 spiro atoms. The lowest BCUT2D eigenvalue weighted by atomic mass is 10.3. The fourth-order valence-electron chi connectivity index (χ4n) is 2.84. The number of rotatable bonds is 6. The quantitative estimate of drug-likeness (QED) is 0.805. The number of benzene rings is 1. The number of aromatic nitrogens is 3. The highest BCUT2D eigenvalue weighted by molar-refractivity contribution is 5.92. The molecule has 0 radical (unpaired) electrons. The number of carbonyl (C=O) groups excluding carboxylic acids is 1. The van der Waals surface area contributed by atoms with Gasteiger partial charge in [-0.2, -0.15) is 0 Å². The topological polar surface area (TPSA) is 98.6 Å². The first-order valence-electron chi connectivity index (χ1n) is 8.24. The molecule has 9 heteroatoms. The molecule has 1 unspecified atom stereocenters. The molecule has 1 aliphatic heterocycles. The largest absolute Gasteiger partial charge is 0.497 e. The summed E-state index contributed by atoms with van der Waals surface area (Å²) in [6.45, 7) is 3.13. The molecule has 1 amide bonds.